The summed E-state index contributed by atoms with van der Waals surface area (Å²) in [5.41, 5.74) is 2.20. The molecule has 1 aliphatic rings. The van der Waals surface area contributed by atoms with Crippen LogP contribution >= 0.6 is 24.0 Å². The summed E-state index contributed by atoms with van der Waals surface area (Å²) in [7, 11) is 5.37. The van der Waals surface area contributed by atoms with E-state index in [-0.39, 0.29) is 24.0 Å². The first-order valence-corrected chi connectivity index (χ1v) is 9.44. The molecule has 0 saturated heterocycles. The molecule has 8 heteroatoms. The van der Waals surface area contributed by atoms with Crippen LogP contribution < -0.4 is 20.1 Å². The molecule has 0 atom stereocenters. The van der Waals surface area contributed by atoms with Gasteiger partial charge in [-0.15, -0.1) is 24.0 Å². The first kappa shape index (κ1) is 22.3. The number of aryl methyl sites for hydroxylation is 1. The van der Waals surface area contributed by atoms with E-state index >= 15 is 0 Å². The maximum atomic E-state index is 6.10. The van der Waals surface area contributed by atoms with Crippen molar-refractivity contribution in [2.45, 2.75) is 44.9 Å². The van der Waals surface area contributed by atoms with E-state index in [0.29, 0.717) is 19.2 Å². The quantitative estimate of drug-likeness (QED) is 0.348. The van der Waals surface area contributed by atoms with Crippen LogP contribution in [0.2, 0.25) is 0 Å². The lowest BCUT2D eigenvalue weighted by Crippen LogP contribution is -2.36. The van der Waals surface area contributed by atoms with Crippen molar-refractivity contribution < 1.29 is 9.47 Å². The number of hydrogen-bond acceptors (Lipinski definition) is 4. The number of benzene rings is 1. The Bertz CT molecular complexity index is 772. The van der Waals surface area contributed by atoms with Crippen molar-refractivity contribution in [2.75, 3.05) is 14.2 Å². The zero-order valence-electron chi connectivity index (χ0n) is 16.8. The minimum atomic E-state index is 0. The van der Waals surface area contributed by atoms with Crippen molar-refractivity contribution in [3.05, 3.63) is 41.7 Å². The summed E-state index contributed by atoms with van der Waals surface area (Å²) in [4.78, 5) is 4.27. The topological polar surface area (TPSA) is 72.7 Å². The number of nitrogens with zero attached hydrogens (tertiary/aromatic N) is 3. The van der Waals surface area contributed by atoms with Crippen LogP contribution in [0.5, 0.6) is 11.5 Å². The molecule has 0 radical (unpaired) electrons. The second-order valence-electron chi connectivity index (χ2n) is 6.74. The van der Waals surface area contributed by atoms with E-state index < -0.39 is 0 Å². The molecule has 1 aromatic carbocycles. The number of ether oxygens (including phenoxy) is 2. The van der Waals surface area contributed by atoms with Crippen LogP contribution in [0.1, 0.15) is 36.9 Å². The van der Waals surface area contributed by atoms with E-state index in [1.807, 2.05) is 29.9 Å². The Kier molecular flexibility index (Phi) is 8.88. The molecular formula is C20H30IN5O2. The molecule has 1 aliphatic carbocycles. The van der Waals surface area contributed by atoms with Crippen LogP contribution in [0.15, 0.2) is 35.5 Å². The number of rotatable bonds is 7. The Morgan fingerprint density at radius 1 is 1.18 bits per heavy atom. The minimum Gasteiger partial charge on any atom is -0.493 e. The van der Waals surface area contributed by atoms with Gasteiger partial charge in [-0.25, -0.2) is 0 Å². The van der Waals surface area contributed by atoms with Crippen molar-refractivity contribution >= 4 is 29.9 Å². The maximum Gasteiger partial charge on any atom is 0.191 e. The summed E-state index contributed by atoms with van der Waals surface area (Å²) in [5, 5.41) is 10.8. The van der Waals surface area contributed by atoms with Crippen molar-refractivity contribution in [2.24, 2.45) is 12.0 Å². The zero-order valence-corrected chi connectivity index (χ0v) is 19.1. The molecule has 28 heavy (non-hydrogen) atoms. The molecule has 1 aromatic heterocycles. The van der Waals surface area contributed by atoms with Crippen LogP contribution in [0.25, 0.3) is 0 Å². The predicted molar refractivity (Wildman–Crippen MR) is 122 cm³/mol. The highest BCUT2D eigenvalue weighted by Crippen LogP contribution is 2.32. The molecule has 0 bridgehead atoms. The van der Waals surface area contributed by atoms with Gasteiger partial charge in [0.05, 0.1) is 25.5 Å². The standard InChI is InChI=1S/C20H29N5O2.HI/c1-21-20(23-14-16-10-11-24-25(16)2)22-13-15-8-9-18(19(12-15)26-3)27-17-6-4-5-7-17;/h8-12,17H,4-7,13-14H2,1-3H3,(H2,21,22,23);1H. The van der Waals surface area contributed by atoms with Crippen molar-refractivity contribution in [1.29, 1.82) is 0 Å². The first-order valence-electron chi connectivity index (χ1n) is 9.44. The lowest BCUT2D eigenvalue weighted by Gasteiger charge is -2.17. The van der Waals surface area contributed by atoms with Gasteiger partial charge in [0.2, 0.25) is 0 Å². The van der Waals surface area contributed by atoms with E-state index in [1.165, 1.54) is 12.8 Å². The molecular weight excluding hydrogens is 469 g/mol. The second-order valence-corrected chi connectivity index (χ2v) is 6.74. The highest BCUT2D eigenvalue weighted by molar-refractivity contribution is 14.0. The zero-order chi connectivity index (χ0) is 19.1. The molecule has 2 aromatic rings. The van der Waals surface area contributed by atoms with Gasteiger partial charge in [0.25, 0.3) is 0 Å². The molecule has 1 fully saturated rings. The van der Waals surface area contributed by atoms with Crippen LogP contribution in [-0.4, -0.2) is 36.0 Å². The Balaban J connectivity index is 0.00000280. The number of aliphatic imine (C=N–C) groups is 1. The number of nitrogens with one attached hydrogen (secondary N) is 2. The molecule has 0 aliphatic heterocycles. The number of hydrogen-bond donors (Lipinski definition) is 2. The summed E-state index contributed by atoms with van der Waals surface area (Å²) in [6, 6.07) is 8.06. The molecule has 0 spiro atoms. The van der Waals surface area contributed by atoms with E-state index in [1.54, 1.807) is 20.4 Å². The van der Waals surface area contributed by atoms with Gasteiger partial charge in [0.15, 0.2) is 17.5 Å². The van der Waals surface area contributed by atoms with E-state index in [9.17, 15) is 0 Å². The van der Waals surface area contributed by atoms with Crippen molar-refractivity contribution in [3.8, 4) is 11.5 Å². The van der Waals surface area contributed by atoms with Gasteiger partial charge in [0, 0.05) is 26.8 Å². The summed E-state index contributed by atoms with van der Waals surface area (Å²) in [5.74, 6) is 2.34. The normalized spacial score (nSPS) is 14.5. The SMILES string of the molecule is CN=C(NCc1ccc(OC2CCCC2)c(OC)c1)NCc1ccnn1C.I. The molecule has 2 N–H and O–H groups in total. The van der Waals surface area contributed by atoms with Crippen molar-refractivity contribution in [3.63, 3.8) is 0 Å². The average molecular weight is 499 g/mol. The van der Waals surface area contributed by atoms with E-state index in [4.69, 9.17) is 9.47 Å². The van der Waals surface area contributed by atoms with E-state index in [2.05, 4.69) is 26.8 Å². The molecule has 0 amide bonds. The summed E-state index contributed by atoms with van der Waals surface area (Å²) < 4.78 is 13.5. The highest BCUT2D eigenvalue weighted by atomic mass is 127. The fraction of sp³-hybridized carbons (Fsp3) is 0.500. The number of guanidine groups is 1. The third-order valence-electron chi connectivity index (χ3n) is 4.87. The maximum absolute atomic E-state index is 6.10. The second kappa shape index (κ2) is 11.1. The third kappa shape index (κ3) is 6.02. The van der Waals surface area contributed by atoms with Gasteiger partial charge in [0.1, 0.15) is 0 Å². The van der Waals surface area contributed by atoms with Gasteiger partial charge in [-0.3, -0.25) is 9.67 Å². The van der Waals surface area contributed by atoms with Crippen molar-refractivity contribution in [1.82, 2.24) is 20.4 Å². The minimum absolute atomic E-state index is 0. The molecule has 1 saturated carbocycles. The highest BCUT2D eigenvalue weighted by Gasteiger charge is 2.18. The summed E-state index contributed by atoms with van der Waals surface area (Å²) in [6.45, 7) is 1.30. The van der Waals surface area contributed by atoms with Gasteiger partial charge in [-0.2, -0.15) is 5.10 Å². The number of aromatic nitrogens is 2. The fourth-order valence-corrected chi connectivity index (χ4v) is 3.26. The van der Waals surface area contributed by atoms with Crippen LogP contribution in [0.3, 0.4) is 0 Å². The van der Waals surface area contributed by atoms with Crippen LogP contribution in [-0.2, 0) is 20.1 Å². The fourth-order valence-electron chi connectivity index (χ4n) is 3.26. The summed E-state index contributed by atoms with van der Waals surface area (Å²) in [6.07, 6.45) is 6.86. The Morgan fingerprint density at radius 2 is 1.93 bits per heavy atom. The number of methoxy groups -OCH3 is 1. The third-order valence-corrected chi connectivity index (χ3v) is 4.87. The predicted octanol–water partition coefficient (Wildman–Crippen LogP) is 3.23. The monoisotopic (exact) mass is 499 g/mol. The Labute approximate surface area is 183 Å². The van der Waals surface area contributed by atoms with Gasteiger partial charge in [-0.05, 0) is 49.4 Å². The smallest absolute Gasteiger partial charge is 0.191 e. The Morgan fingerprint density at radius 3 is 2.57 bits per heavy atom. The van der Waals surface area contributed by atoms with Crippen LogP contribution in [0.4, 0.5) is 0 Å². The molecule has 3 rings (SSSR count). The molecule has 1 heterocycles. The number of halogens is 1. The molecule has 7 nitrogen and oxygen atoms in total. The average Bonchev–Trinajstić information content (AvgIpc) is 3.34. The summed E-state index contributed by atoms with van der Waals surface area (Å²) >= 11 is 0. The van der Waals surface area contributed by atoms with E-state index in [0.717, 1.165) is 41.6 Å². The molecule has 0 unspecified atom stereocenters. The van der Waals surface area contributed by atoms with Gasteiger partial charge < -0.3 is 20.1 Å². The lowest BCUT2D eigenvalue weighted by atomic mass is 10.2. The lowest BCUT2D eigenvalue weighted by molar-refractivity contribution is 0.200. The molecule has 154 valence electrons. The van der Waals surface area contributed by atoms with Gasteiger partial charge >= 0.3 is 0 Å². The van der Waals surface area contributed by atoms with Gasteiger partial charge in [-0.1, -0.05) is 6.07 Å². The largest absolute Gasteiger partial charge is 0.493 e. The van der Waals surface area contributed by atoms with Crippen LogP contribution in [0, 0.1) is 0 Å². The first-order chi connectivity index (χ1) is 13.2. The Hall–Kier alpha value is -1.97.